The predicted molar refractivity (Wildman–Crippen MR) is 82.9 cm³/mol. The van der Waals surface area contributed by atoms with Crippen LogP contribution in [-0.2, 0) is 6.54 Å². The summed E-state index contributed by atoms with van der Waals surface area (Å²) in [7, 11) is 0. The van der Waals surface area contributed by atoms with Gasteiger partial charge in [-0.2, -0.15) is 5.26 Å². The van der Waals surface area contributed by atoms with Crippen LogP contribution in [0.3, 0.4) is 0 Å². The van der Waals surface area contributed by atoms with E-state index in [9.17, 15) is 5.26 Å². The summed E-state index contributed by atoms with van der Waals surface area (Å²) >= 11 is 1.70. The number of benzene rings is 1. The van der Waals surface area contributed by atoms with Crippen LogP contribution >= 0.6 is 11.8 Å². The summed E-state index contributed by atoms with van der Waals surface area (Å²) in [5.41, 5.74) is 1.68. The van der Waals surface area contributed by atoms with Crippen molar-refractivity contribution in [3.05, 3.63) is 42.5 Å². The lowest BCUT2D eigenvalue weighted by Crippen LogP contribution is -2.07. The first-order valence-electron chi connectivity index (χ1n) is 6.70. The average molecular weight is 286 g/mol. The molecular formula is C15H18N4S. The maximum Gasteiger partial charge on any atom is 0.102 e. The van der Waals surface area contributed by atoms with Crippen molar-refractivity contribution in [2.45, 2.75) is 24.8 Å². The molecular weight excluding hydrogens is 268 g/mol. The van der Waals surface area contributed by atoms with Gasteiger partial charge in [-0.1, -0.05) is 13.0 Å². The monoisotopic (exact) mass is 286 g/mol. The second kappa shape index (κ2) is 7.61. The molecule has 0 aliphatic rings. The normalized spacial score (nSPS) is 10.2. The Kier molecular flexibility index (Phi) is 5.51. The smallest absolute Gasteiger partial charge is 0.102 e. The molecule has 0 spiro atoms. The molecule has 2 rings (SSSR count). The zero-order valence-corrected chi connectivity index (χ0v) is 12.4. The van der Waals surface area contributed by atoms with Gasteiger partial charge in [0.05, 0.1) is 17.6 Å². The summed E-state index contributed by atoms with van der Waals surface area (Å²) in [5, 5.41) is 12.7. The van der Waals surface area contributed by atoms with Crippen molar-refractivity contribution in [2.24, 2.45) is 0 Å². The average Bonchev–Trinajstić information content (AvgIpc) is 2.97. The van der Waals surface area contributed by atoms with E-state index >= 15 is 0 Å². The molecule has 0 bridgehead atoms. The minimum absolute atomic E-state index is 0.752. The van der Waals surface area contributed by atoms with Crippen LogP contribution in [0.2, 0.25) is 0 Å². The Morgan fingerprint density at radius 3 is 3.05 bits per heavy atom. The molecule has 1 aromatic heterocycles. The van der Waals surface area contributed by atoms with Gasteiger partial charge in [-0.3, -0.25) is 0 Å². The highest BCUT2D eigenvalue weighted by Crippen LogP contribution is 2.27. The topological polar surface area (TPSA) is 53.6 Å². The van der Waals surface area contributed by atoms with E-state index in [4.69, 9.17) is 0 Å². The second-order valence-electron chi connectivity index (χ2n) is 4.30. The van der Waals surface area contributed by atoms with Crippen molar-refractivity contribution in [3.8, 4) is 6.07 Å². The highest BCUT2D eigenvalue weighted by molar-refractivity contribution is 7.99. The second-order valence-corrected chi connectivity index (χ2v) is 5.61. The van der Waals surface area contributed by atoms with Gasteiger partial charge in [-0.15, -0.1) is 11.8 Å². The van der Waals surface area contributed by atoms with Crippen LogP contribution in [0.5, 0.6) is 0 Å². The maximum atomic E-state index is 9.32. The third kappa shape index (κ3) is 3.78. The molecule has 20 heavy (non-hydrogen) atoms. The number of imidazole rings is 1. The number of aromatic nitrogens is 2. The predicted octanol–water partition coefficient (Wildman–Crippen LogP) is 3.37. The molecule has 104 valence electrons. The fourth-order valence-corrected chi connectivity index (χ4v) is 2.76. The number of hydrogen-bond donors (Lipinski definition) is 1. The highest BCUT2D eigenvalue weighted by Gasteiger charge is 2.07. The third-order valence-corrected chi connectivity index (χ3v) is 3.85. The molecule has 5 heteroatoms. The minimum Gasteiger partial charge on any atom is -0.384 e. The number of anilines is 1. The summed E-state index contributed by atoms with van der Waals surface area (Å²) < 4.78 is 2.05. The number of nitrogens with one attached hydrogen (secondary N) is 1. The molecule has 0 aliphatic carbocycles. The molecule has 0 saturated carbocycles. The molecule has 1 aromatic carbocycles. The van der Waals surface area contributed by atoms with Crippen LogP contribution < -0.4 is 5.32 Å². The Morgan fingerprint density at radius 1 is 1.45 bits per heavy atom. The fraction of sp³-hybridized carbons (Fsp3) is 0.333. The van der Waals surface area contributed by atoms with Crippen LogP contribution in [0, 0.1) is 11.3 Å². The molecule has 0 saturated heterocycles. The van der Waals surface area contributed by atoms with E-state index in [2.05, 4.69) is 27.9 Å². The van der Waals surface area contributed by atoms with Gasteiger partial charge in [0, 0.05) is 30.4 Å². The van der Waals surface area contributed by atoms with Gasteiger partial charge in [0.2, 0.25) is 0 Å². The third-order valence-electron chi connectivity index (χ3n) is 2.91. The molecule has 0 aliphatic heterocycles. The number of thioether (sulfide) groups is 1. The van der Waals surface area contributed by atoms with Crippen LogP contribution in [0.25, 0.3) is 0 Å². The van der Waals surface area contributed by atoms with E-state index < -0.39 is 0 Å². The zero-order valence-electron chi connectivity index (χ0n) is 11.5. The van der Waals surface area contributed by atoms with Crippen molar-refractivity contribution in [2.75, 3.05) is 17.6 Å². The van der Waals surface area contributed by atoms with Crippen molar-refractivity contribution < 1.29 is 0 Å². The van der Waals surface area contributed by atoms with Gasteiger partial charge in [0.15, 0.2) is 0 Å². The molecule has 4 nitrogen and oxygen atoms in total. The zero-order chi connectivity index (χ0) is 14.2. The highest BCUT2D eigenvalue weighted by atomic mass is 32.2. The number of rotatable bonds is 7. The molecule has 2 aromatic rings. The Hall–Kier alpha value is -1.93. The van der Waals surface area contributed by atoms with Gasteiger partial charge in [0.25, 0.3) is 0 Å². The molecule has 0 atom stereocenters. The Bertz CT molecular complexity index is 572. The molecule has 0 unspecified atom stereocenters. The van der Waals surface area contributed by atoms with Crippen LogP contribution in [0.1, 0.15) is 18.9 Å². The number of nitriles is 1. The van der Waals surface area contributed by atoms with Crippen LogP contribution in [-0.4, -0.2) is 21.8 Å². The Balaban J connectivity index is 1.92. The fourth-order valence-electron chi connectivity index (χ4n) is 1.97. The lowest BCUT2D eigenvalue weighted by Gasteiger charge is -2.11. The molecule has 0 amide bonds. The van der Waals surface area contributed by atoms with Crippen LogP contribution in [0.15, 0.2) is 41.8 Å². The minimum atomic E-state index is 0.752. The largest absolute Gasteiger partial charge is 0.384 e. The quantitative estimate of drug-likeness (QED) is 0.626. The van der Waals surface area contributed by atoms with Gasteiger partial charge in [-0.25, -0.2) is 4.98 Å². The van der Waals surface area contributed by atoms with Crippen molar-refractivity contribution in [1.29, 1.82) is 5.26 Å². The van der Waals surface area contributed by atoms with Gasteiger partial charge in [0.1, 0.15) is 6.07 Å². The number of nitrogens with zero attached hydrogens (tertiary/aromatic N) is 3. The summed E-state index contributed by atoms with van der Waals surface area (Å²) in [6, 6.07) is 8.27. The number of aryl methyl sites for hydroxylation is 1. The SMILES string of the molecule is CCSc1cccc(NCCCn2ccnc2)c1C#N. The van der Waals surface area contributed by atoms with E-state index in [0.29, 0.717) is 0 Å². The van der Waals surface area contributed by atoms with E-state index in [-0.39, 0.29) is 0 Å². The first-order valence-corrected chi connectivity index (χ1v) is 7.69. The molecule has 1 N–H and O–H groups in total. The maximum absolute atomic E-state index is 9.32. The van der Waals surface area contributed by atoms with Crippen LogP contribution in [0.4, 0.5) is 5.69 Å². The molecule has 0 radical (unpaired) electrons. The number of hydrogen-bond acceptors (Lipinski definition) is 4. The Morgan fingerprint density at radius 2 is 2.35 bits per heavy atom. The standard InChI is InChI=1S/C15H18N4S/c1-2-20-15-6-3-5-14(13(15)11-16)18-7-4-9-19-10-8-17-12-19/h3,5-6,8,10,12,18H,2,4,7,9H2,1H3. The first kappa shape index (κ1) is 14.5. The van der Waals surface area contributed by atoms with E-state index in [0.717, 1.165) is 41.4 Å². The van der Waals surface area contributed by atoms with E-state index in [1.54, 1.807) is 18.0 Å². The van der Waals surface area contributed by atoms with E-state index in [1.807, 2.05) is 30.7 Å². The lowest BCUT2D eigenvalue weighted by molar-refractivity contribution is 0.660. The van der Waals surface area contributed by atoms with Gasteiger partial charge in [-0.05, 0) is 24.3 Å². The summed E-state index contributed by atoms with van der Waals surface area (Å²) in [5.74, 6) is 0.971. The first-order chi connectivity index (χ1) is 9.85. The summed E-state index contributed by atoms with van der Waals surface area (Å²) in [4.78, 5) is 5.07. The van der Waals surface area contributed by atoms with Crippen molar-refractivity contribution >= 4 is 17.4 Å². The summed E-state index contributed by atoms with van der Waals surface area (Å²) in [6.07, 6.45) is 6.55. The molecule has 1 heterocycles. The summed E-state index contributed by atoms with van der Waals surface area (Å²) in [6.45, 7) is 3.86. The van der Waals surface area contributed by atoms with Gasteiger partial charge >= 0.3 is 0 Å². The lowest BCUT2D eigenvalue weighted by atomic mass is 10.2. The van der Waals surface area contributed by atoms with Crippen molar-refractivity contribution in [3.63, 3.8) is 0 Å². The van der Waals surface area contributed by atoms with Gasteiger partial charge < -0.3 is 9.88 Å². The Labute approximate surface area is 123 Å². The van der Waals surface area contributed by atoms with Crippen molar-refractivity contribution in [1.82, 2.24) is 9.55 Å². The van der Waals surface area contributed by atoms with E-state index in [1.165, 1.54) is 0 Å². The molecule has 0 fully saturated rings.